The van der Waals surface area contributed by atoms with Gasteiger partial charge in [0.05, 0.1) is 6.07 Å². The number of nitrogens with zero attached hydrogens (tertiary/aromatic N) is 1. The Morgan fingerprint density at radius 1 is 2.00 bits per heavy atom. The smallest absolute Gasteiger partial charge is 0.0621 e. The van der Waals surface area contributed by atoms with E-state index < -0.39 is 0 Å². The van der Waals surface area contributed by atoms with Crippen molar-refractivity contribution in [2.24, 2.45) is 0 Å². The third-order valence-corrected chi connectivity index (χ3v) is 0.112. The van der Waals surface area contributed by atoms with Crippen molar-refractivity contribution in [2.45, 2.75) is 6.42 Å². The molecule has 5 heavy (non-hydrogen) atoms. The molecule has 0 bridgehead atoms. The van der Waals surface area contributed by atoms with Crippen molar-refractivity contribution in [1.82, 2.24) is 0 Å². The summed E-state index contributed by atoms with van der Waals surface area (Å²) in [4.78, 5) is 0. The van der Waals surface area contributed by atoms with Crippen molar-refractivity contribution in [2.75, 3.05) is 0 Å². The Balaban J connectivity index is -0.0000000450. The molecule has 5 radical (unpaired) electrons. The summed E-state index contributed by atoms with van der Waals surface area (Å²) < 4.78 is 0. The average Bonchev–Trinajstić information content (AvgIpc) is 1.37. The van der Waals surface area contributed by atoms with Gasteiger partial charge in [0.2, 0.25) is 0 Å². The van der Waals surface area contributed by atoms with Gasteiger partial charge in [0.25, 0.3) is 0 Å². The molecule has 0 spiro atoms. The van der Waals surface area contributed by atoms with E-state index in [0.29, 0.717) is 6.42 Å². The van der Waals surface area contributed by atoms with Gasteiger partial charge in [-0.2, -0.15) is 5.26 Å². The molecule has 0 aromatic rings. The standard InChI is InChI=1S/C3H4N.Sn.H2/c1-2-3-4;;/h1-2H2;;1H. The predicted octanol–water partition coefficient (Wildman–Crippen LogP) is 0.599. The Bertz CT molecular complexity index is 40.5. The molecule has 0 atom stereocenters. The fourth-order valence-electron chi connectivity index (χ4n) is 0. The molecular weight excluding hydrogens is 169 g/mol. The Morgan fingerprint density at radius 2 is 2.20 bits per heavy atom. The van der Waals surface area contributed by atoms with Gasteiger partial charge in [-0.05, 0) is 6.92 Å². The van der Waals surface area contributed by atoms with Crippen LogP contribution in [-0.2, 0) is 0 Å². The van der Waals surface area contributed by atoms with E-state index in [1.54, 1.807) is 0 Å². The van der Waals surface area contributed by atoms with Crippen LogP contribution in [0.2, 0.25) is 0 Å². The van der Waals surface area contributed by atoms with Crippen molar-refractivity contribution in [3.63, 3.8) is 0 Å². The molecule has 0 N–H and O–H groups in total. The maximum Gasteiger partial charge on any atom is 0.0621 e. The summed E-state index contributed by atoms with van der Waals surface area (Å²) in [5.41, 5.74) is 0. The number of hydrogen-bond acceptors (Lipinski definition) is 1. The van der Waals surface area contributed by atoms with Gasteiger partial charge >= 0.3 is 0 Å². The van der Waals surface area contributed by atoms with E-state index in [1.165, 1.54) is 0 Å². The normalized spacial score (nSPS) is 4.00. The fraction of sp³-hybridized carbons (Fsp3) is 0.333. The van der Waals surface area contributed by atoms with Crippen molar-refractivity contribution in [3.05, 3.63) is 6.92 Å². The van der Waals surface area contributed by atoms with Crippen LogP contribution in [0.3, 0.4) is 0 Å². The van der Waals surface area contributed by atoms with Gasteiger partial charge in [-0.1, -0.05) is 0 Å². The number of nitriles is 1. The molecule has 0 fully saturated rings. The minimum atomic E-state index is 0. The molecule has 0 rings (SSSR count). The number of hydrogen-bond donors (Lipinski definition) is 0. The van der Waals surface area contributed by atoms with Crippen LogP contribution < -0.4 is 0 Å². The van der Waals surface area contributed by atoms with E-state index in [-0.39, 0.29) is 25.3 Å². The van der Waals surface area contributed by atoms with E-state index in [9.17, 15) is 0 Å². The summed E-state index contributed by atoms with van der Waals surface area (Å²) in [6.07, 6.45) is 0.375. The minimum Gasteiger partial charge on any atom is -0.198 e. The van der Waals surface area contributed by atoms with Gasteiger partial charge in [0, 0.05) is 31.8 Å². The first-order valence-electron chi connectivity index (χ1n) is 1.08. The van der Waals surface area contributed by atoms with E-state index in [0.717, 1.165) is 0 Å². The first kappa shape index (κ1) is 8.99. The van der Waals surface area contributed by atoms with Crippen molar-refractivity contribution < 1.29 is 1.43 Å². The van der Waals surface area contributed by atoms with Crippen molar-refractivity contribution in [3.8, 4) is 6.07 Å². The quantitative estimate of drug-likeness (QED) is 0.494. The fourth-order valence-corrected chi connectivity index (χ4v) is 0. The molecule has 2 heteroatoms. The molecule has 0 unspecified atom stereocenters. The second kappa shape index (κ2) is 8.86. The monoisotopic (exact) mass is 176 g/mol. The van der Waals surface area contributed by atoms with Crippen LogP contribution in [0.1, 0.15) is 7.85 Å². The van der Waals surface area contributed by atoms with Gasteiger partial charge in [0.15, 0.2) is 0 Å². The van der Waals surface area contributed by atoms with Crippen molar-refractivity contribution in [1.29, 1.82) is 5.26 Å². The van der Waals surface area contributed by atoms with Gasteiger partial charge in [0.1, 0.15) is 0 Å². The van der Waals surface area contributed by atoms with Gasteiger partial charge < -0.3 is 0 Å². The van der Waals surface area contributed by atoms with Crippen LogP contribution >= 0.6 is 0 Å². The van der Waals surface area contributed by atoms with E-state index >= 15 is 0 Å². The SMILES string of the molecule is [CH2]CC#N.[HH].[Sn]. The largest absolute Gasteiger partial charge is 0.198 e. The van der Waals surface area contributed by atoms with Crippen LogP contribution in [0.5, 0.6) is 0 Å². The summed E-state index contributed by atoms with van der Waals surface area (Å²) in [5, 5.41) is 7.56. The summed E-state index contributed by atoms with van der Waals surface area (Å²) >= 11 is 0. The Labute approximate surface area is 50.4 Å². The third kappa shape index (κ3) is 13.5. The molecule has 0 saturated carbocycles. The minimum absolute atomic E-state index is 0. The molecule has 0 amide bonds. The van der Waals surface area contributed by atoms with Gasteiger partial charge in [-0.25, -0.2) is 0 Å². The maximum absolute atomic E-state index is 7.56. The zero-order valence-corrected chi connectivity index (χ0v) is 5.72. The summed E-state index contributed by atoms with van der Waals surface area (Å²) in [7, 11) is 0. The van der Waals surface area contributed by atoms with E-state index in [1.807, 2.05) is 6.07 Å². The second-order valence-electron chi connectivity index (χ2n) is 0.408. The first-order chi connectivity index (χ1) is 1.91. The molecule has 27 valence electrons. The van der Waals surface area contributed by atoms with Crippen LogP contribution in [0.4, 0.5) is 0 Å². The average molecular weight is 175 g/mol. The maximum atomic E-state index is 7.56. The van der Waals surface area contributed by atoms with E-state index in [2.05, 4.69) is 6.92 Å². The topological polar surface area (TPSA) is 23.8 Å². The van der Waals surface area contributed by atoms with Crippen LogP contribution in [-0.4, -0.2) is 23.9 Å². The van der Waals surface area contributed by atoms with Crippen LogP contribution in [0.15, 0.2) is 0 Å². The van der Waals surface area contributed by atoms with Gasteiger partial charge in [-0.15, -0.1) is 0 Å². The molecule has 0 aliphatic heterocycles. The summed E-state index contributed by atoms with van der Waals surface area (Å²) in [6, 6.07) is 1.82. The Hall–Kier alpha value is 0.289. The molecule has 0 aliphatic carbocycles. The van der Waals surface area contributed by atoms with E-state index in [4.69, 9.17) is 5.26 Å². The zero-order chi connectivity index (χ0) is 3.41. The zero-order valence-electron chi connectivity index (χ0n) is 2.86. The molecule has 0 aromatic carbocycles. The van der Waals surface area contributed by atoms with Crippen LogP contribution in [0.25, 0.3) is 0 Å². The second-order valence-corrected chi connectivity index (χ2v) is 0.408. The summed E-state index contributed by atoms with van der Waals surface area (Å²) in [5.74, 6) is 0. The molecule has 1 nitrogen and oxygen atoms in total. The van der Waals surface area contributed by atoms with Crippen LogP contribution in [0, 0.1) is 18.3 Å². The summed E-state index contributed by atoms with van der Waals surface area (Å²) in [6.45, 7) is 3.24. The predicted molar refractivity (Wildman–Crippen MR) is 23.5 cm³/mol. The molecule has 0 heterocycles. The molecular formula is C3H6NSn. The van der Waals surface area contributed by atoms with Crippen molar-refractivity contribution >= 4 is 23.9 Å². The first-order valence-corrected chi connectivity index (χ1v) is 1.08. The Morgan fingerprint density at radius 3 is 2.20 bits per heavy atom. The molecule has 0 aromatic heterocycles. The number of rotatable bonds is 0. The molecule has 0 saturated heterocycles. The third-order valence-electron chi connectivity index (χ3n) is 0.112. The Kier molecular flexibility index (Phi) is 15.9. The molecule has 0 aliphatic rings. The van der Waals surface area contributed by atoms with Gasteiger partial charge in [-0.3, -0.25) is 0 Å².